The van der Waals surface area contributed by atoms with E-state index in [0.717, 1.165) is 17.1 Å². The molecule has 1 aromatic heterocycles. The summed E-state index contributed by atoms with van der Waals surface area (Å²) in [5, 5.41) is 7.35. The van der Waals surface area contributed by atoms with Crippen molar-refractivity contribution < 1.29 is 9.53 Å². The second-order valence-electron chi connectivity index (χ2n) is 5.50. The summed E-state index contributed by atoms with van der Waals surface area (Å²) < 4.78 is 7.12. The lowest BCUT2D eigenvalue weighted by Crippen LogP contribution is -2.51. The van der Waals surface area contributed by atoms with E-state index in [1.165, 1.54) is 0 Å². The molecule has 1 aromatic rings. The average Bonchev–Trinajstić information content (AvgIpc) is 2.89. The van der Waals surface area contributed by atoms with Crippen molar-refractivity contribution in [3.63, 3.8) is 0 Å². The molecule has 6 nitrogen and oxygen atoms in total. The molecule has 2 rings (SSSR count). The number of anilines is 1. The van der Waals surface area contributed by atoms with Crippen molar-refractivity contribution >= 4 is 11.6 Å². The minimum atomic E-state index is -0.918. The van der Waals surface area contributed by atoms with Crippen molar-refractivity contribution in [3.05, 3.63) is 11.4 Å². The summed E-state index contributed by atoms with van der Waals surface area (Å²) in [4.78, 5) is 12.3. The minimum Gasteiger partial charge on any atom is -0.379 e. The zero-order valence-electron chi connectivity index (χ0n) is 12.0. The fourth-order valence-corrected chi connectivity index (χ4v) is 2.34. The molecule has 1 saturated heterocycles. The molecule has 1 aliphatic heterocycles. The Hall–Kier alpha value is -1.40. The molecule has 0 spiro atoms. The maximum Gasteiger partial charge on any atom is 0.247 e. The second kappa shape index (κ2) is 4.94. The predicted molar refractivity (Wildman–Crippen MR) is 73.1 cm³/mol. The summed E-state index contributed by atoms with van der Waals surface area (Å²) >= 11 is 0. The van der Waals surface area contributed by atoms with Crippen molar-refractivity contribution in [3.8, 4) is 0 Å². The number of hydrogen-bond acceptors (Lipinski definition) is 4. The molecule has 19 heavy (non-hydrogen) atoms. The van der Waals surface area contributed by atoms with Gasteiger partial charge in [0.05, 0.1) is 23.7 Å². The van der Waals surface area contributed by atoms with E-state index in [1.54, 1.807) is 0 Å². The van der Waals surface area contributed by atoms with Gasteiger partial charge in [0.15, 0.2) is 0 Å². The van der Waals surface area contributed by atoms with E-state index >= 15 is 0 Å². The third-order valence-electron chi connectivity index (χ3n) is 3.56. The topological polar surface area (TPSA) is 82.2 Å². The van der Waals surface area contributed by atoms with Gasteiger partial charge in [-0.25, -0.2) is 0 Å². The maximum absolute atomic E-state index is 12.3. The van der Waals surface area contributed by atoms with Crippen LogP contribution in [0.4, 0.5) is 5.69 Å². The Morgan fingerprint density at radius 1 is 1.53 bits per heavy atom. The van der Waals surface area contributed by atoms with Crippen LogP contribution in [0, 0.1) is 13.8 Å². The monoisotopic (exact) mass is 266 g/mol. The Labute approximate surface area is 113 Å². The SMILES string of the molecule is Cc1nn(C(C)C)c(C)c1NC(=O)C1(N)CCOC1. The highest BCUT2D eigenvalue weighted by Crippen LogP contribution is 2.25. The third-order valence-corrected chi connectivity index (χ3v) is 3.56. The highest BCUT2D eigenvalue weighted by Gasteiger charge is 2.38. The van der Waals surface area contributed by atoms with Crippen LogP contribution in [0.3, 0.4) is 0 Å². The molecule has 106 valence electrons. The molecule has 1 aliphatic rings. The van der Waals surface area contributed by atoms with Gasteiger partial charge in [-0.15, -0.1) is 0 Å². The molecule has 1 atom stereocenters. The van der Waals surface area contributed by atoms with Gasteiger partial charge in [0.2, 0.25) is 5.91 Å². The van der Waals surface area contributed by atoms with Crippen LogP contribution in [0.1, 0.15) is 37.7 Å². The first-order chi connectivity index (χ1) is 8.85. The van der Waals surface area contributed by atoms with Gasteiger partial charge >= 0.3 is 0 Å². The number of nitrogens with one attached hydrogen (secondary N) is 1. The summed E-state index contributed by atoms with van der Waals surface area (Å²) in [5.41, 5.74) is 7.65. The molecule has 1 fully saturated rings. The minimum absolute atomic E-state index is 0.195. The predicted octanol–water partition coefficient (Wildman–Crippen LogP) is 1.14. The van der Waals surface area contributed by atoms with E-state index in [1.807, 2.05) is 18.5 Å². The number of aryl methyl sites for hydroxylation is 1. The molecule has 1 amide bonds. The van der Waals surface area contributed by atoms with Gasteiger partial charge in [-0.2, -0.15) is 5.10 Å². The molecule has 0 bridgehead atoms. The van der Waals surface area contributed by atoms with E-state index < -0.39 is 5.54 Å². The Bertz CT molecular complexity index is 487. The second-order valence-corrected chi connectivity index (χ2v) is 5.50. The molecule has 1 unspecified atom stereocenters. The van der Waals surface area contributed by atoms with Crippen LogP contribution in [0.2, 0.25) is 0 Å². The van der Waals surface area contributed by atoms with Gasteiger partial charge in [0, 0.05) is 12.6 Å². The first-order valence-electron chi connectivity index (χ1n) is 6.59. The van der Waals surface area contributed by atoms with Crippen molar-refractivity contribution in [2.75, 3.05) is 18.5 Å². The highest BCUT2D eigenvalue weighted by molar-refractivity contribution is 5.99. The summed E-state index contributed by atoms with van der Waals surface area (Å²) in [6, 6.07) is 0.256. The Morgan fingerprint density at radius 3 is 2.68 bits per heavy atom. The zero-order valence-corrected chi connectivity index (χ0v) is 12.0. The van der Waals surface area contributed by atoms with Crippen molar-refractivity contribution in [2.24, 2.45) is 5.73 Å². The van der Waals surface area contributed by atoms with E-state index in [-0.39, 0.29) is 18.6 Å². The largest absolute Gasteiger partial charge is 0.379 e. The third kappa shape index (κ3) is 2.50. The number of aromatic nitrogens is 2. The van der Waals surface area contributed by atoms with Crippen LogP contribution in [0.5, 0.6) is 0 Å². The molecule has 0 saturated carbocycles. The Morgan fingerprint density at radius 2 is 2.21 bits per heavy atom. The van der Waals surface area contributed by atoms with Crippen molar-refractivity contribution in [2.45, 2.75) is 45.7 Å². The lowest BCUT2D eigenvalue weighted by Gasteiger charge is -2.20. The standard InChI is InChI=1S/C13H22N4O2/c1-8(2)17-10(4)11(9(3)16-17)15-12(18)13(14)5-6-19-7-13/h8H,5-7,14H2,1-4H3,(H,15,18). The van der Waals surface area contributed by atoms with E-state index in [0.29, 0.717) is 13.0 Å². The van der Waals surface area contributed by atoms with Gasteiger partial charge in [-0.1, -0.05) is 0 Å². The van der Waals surface area contributed by atoms with Crippen LogP contribution in [0.25, 0.3) is 0 Å². The smallest absolute Gasteiger partial charge is 0.247 e. The zero-order chi connectivity index (χ0) is 14.2. The quantitative estimate of drug-likeness (QED) is 0.859. The van der Waals surface area contributed by atoms with E-state index in [9.17, 15) is 4.79 Å². The van der Waals surface area contributed by atoms with Gasteiger partial charge in [0.25, 0.3) is 0 Å². The summed E-state index contributed by atoms with van der Waals surface area (Å²) in [6.45, 7) is 8.75. The summed E-state index contributed by atoms with van der Waals surface area (Å²) in [7, 11) is 0. The van der Waals surface area contributed by atoms with Crippen LogP contribution in [0.15, 0.2) is 0 Å². The first kappa shape index (κ1) is 14.0. The fraction of sp³-hybridized carbons (Fsp3) is 0.692. The number of rotatable bonds is 3. The molecular formula is C13H22N4O2. The van der Waals surface area contributed by atoms with Crippen molar-refractivity contribution in [1.29, 1.82) is 0 Å². The Kier molecular flexibility index (Phi) is 3.64. The van der Waals surface area contributed by atoms with Crippen LogP contribution >= 0.6 is 0 Å². The number of nitrogens with zero attached hydrogens (tertiary/aromatic N) is 2. The number of carbonyl (C=O) groups is 1. The average molecular weight is 266 g/mol. The fourth-order valence-electron chi connectivity index (χ4n) is 2.34. The van der Waals surface area contributed by atoms with Crippen LogP contribution in [-0.4, -0.2) is 34.4 Å². The normalized spacial score (nSPS) is 23.1. The van der Waals surface area contributed by atoms with E-state index in [4.69, 9.17) is 10.5 Å². The van der Waals surface area contributed by atoms with Crippen LogP contribution < -0.4 is 11.1 Å². The van der Waals surface area contributed by atoms with Gasteiger partial charge in [-0.05, 0) is 34.1 Å². The van der Waals surface area contributed by atoms with Gasteiger partial charge in [0.1, 0.15) is 5.54 Å². The van der Waals surface area contributed by atoms with Crippen LogP contribution in [-0.2, 0) is 9.53 Å². The molecular weight excluding hydrogens is 244 g/mol. The van der Waals surface area contributed by atoms with Gasteiger partial charge in [-0.3, -0.25) is 9.48 Å². The molecule has 2 heterocycles. The Balaban J connectivity index is 2.22. The number of ether oxygens (including phenoxy) is 1. The maximum atomic E-state index is 12.3. The molecule has 0 radical (unpaired) electrons. The summed E-state index contributed by atoms with van der Waals surface area (Å²) in [5.74, 6) is -0.195. The van der Waals surface area contributed by atoms with Gasteiger partial charge < -0.3 is 15.8 Å². The number of hydrogen-bond donors (Lipinski definition) is 2. The molecule has 3 N–H and O–H groups in total. The first-order valence-corrected chi connectivity index (χ1v) is 6.59. The molecule has 0 aromatic carbocycles. The molecule has 0 aliphatic carbocycles. The lowest BCUT2D eigenvalue weighted by molar-refractivity contribution is -0.121. The molecule has 6 heteroatoms. The number of amides is 1. The number of nitrogens with two attached hydrogens (primary N) is 1. The van der Waals surface area contributed by atoms with E-state index in [2.05, 4.69) is 24.3 Å². The van der Waals surface area contributed by atoms with Crippen molar-refractivity contribution in [1.82, 2.24) is 9.78 Å². The summed E-state index contributed by atoms with van der Waals surface area (Å²) in [6.07, 6.45) is 0.551. The lowest BCUT2D eigenvalue weighted by atomic mass is 9.99. The highest BCUT2D eigenvalue weighted by atomic mass is 16.5. The number of carbonyl (C=O) groups excluding carboxylic acids is 1.